The summed E-state index contributed by atoms with van der Waals surface area (Å²) in [6.45, 7) is -0.542. The van der Waals surface area contributed by atoms with E-state index < -0.39 is 12.6 Å². The molecule has 0 aliphatic heterocycles. The smallest absolute Gasteiger partial charge is 0.207 e. The van der Waals surface area contributed by atoms with Gasteiger partial charge in [-0.15, -0.1) is 0 Å². The van der Waals surface area contributed by atoms with Crippen molar-refractivity contribution in [2.24, 2.45) is 11.5 Å². The van der Waals surface area contributed by atoms with Crippen molar-refractivity contribution in [1.82, 2.24) is 5.32 Å². The van der Waals surface area contributed by atoms with Crippen LogP contribution in [-0.4, -0.2) is 25.7 Å². The summed E-state index contributed by atoms with van der Waals surface area (Å²) in [6, 6.07) is -0.351. The minimum Gasteiger partial charge on any atom is -0.376 e. The minimum atomic E-state index is -0.906. The first kappa shape index (κ1) is 13.6. The maximum absolute atomic E-state index is 12.4. The molecule has 0 aliphatic rings. The van der Waals surface area contributed by atoms with E-state index in [9.17, 15) is 13.6 Å². The van der Waals surface area contributed by atoms with Gasteiger partial charge in [-0.1, -0.05) is 6.08 Å². The normalized spacial score (nSPS) is 14.9. The molecule has 0 saturated carbocycles. The van der Waals surface area contributed by atoms with Gasteiger partial charge in [0.1, 0.15) is 6.67 Å². The molecule has 0 aromatic heterocycles. The van der Waals surface area contributed by atoms with Gasteiger partial charge in [-0.25, -0.2) is 4.39 Å². The molecule has 0 aromatic rings. The minimum absolute atomic E-state index is 0.183. The maximum Gasteiger partial charge on any atom is 0.207 e. The van der Waals surface area contributed by atoms with Crippen LogP contribution in [0.3, 0.4) is 0 Å². The molecule has 0 fully saturated rings. The van der Waals surface area contributed by atoms with Gasteiger partial charge in [-0.2, -0.15) is 4.39 Å². The number of allylic oxidation sites excluding steroid dienone is 2. The zero-order chi connectivity index (χ0) is 11.7. The van der Waals surface area contributed by atoms with E-state index in [-0.39, 0.29) is 19.0 Å². The van der Waals surface area contributed by atoms with Crippen LogP contribution in [0.5, 0.6) is 0 Å². The van der Waals surface area contributed by atoms with Gasteiger partial charge in [0.05, 0.1) is 0 Å². The molecule has 0 bridgehead atoms. The standard InChI is InChI=1S/C9H15F2N3O/c10-2-1-7(4-9(11)13)3-8(5-12)14-6-15/h1,4,6,8H,2-3,5,12-13H2,(H,14,15)/b7-1-,9-4-. The molecule has 0 aromatic carbocycles. The number of hydrogen-bond donors (Lipinski definition) is 3. The Labute approximate surface area is 87.0 Å². The highest BCUT2D eigenvalue weighted by atomic mass is 19.1. The van der Waals surface area contributed by atoms with Crippen LogP contribution in [0.25, 0.3) is 0 Å². The summed E-state index contributed by atoms with van der Waals surface area (Å²) in [6.07, 6.45) is 2.92. The highest BCUT2D eigenvalue weighted by molar-refractivity contribution is 5.47. The number of carbonyl (C=O) groups is 1. The molecule has 0 heterocycles. The second-order valence-corrected chi connectivity index (χ2v) is 2.88. The number of alkyl halides is 1. The van der Waals surface area contributed by atoms with E-state index >= 15 is 0 Å². The molecular formula is C9H15F2N3O. The maximum atomic E-state index is 12.4. The molecule has 4 nitrogen and oxygen atoms in total. The monoisotopic (exact) mass is 219 g/mol. The average Bonchev–Trinajstić information content (AvgIpc) is 2.16. The number of amides is 1. The molecule has 86 valence electrons. The van der Waals surface area contributed by atoms with Gasteiger partial charge in [0.2, 0.25) is 6.41 Å². The van der Waals surface area contributed by atoms with Crippen molar-refractivity contribution in [2.75, 3.05) is 13.2 Å². The third kappa shape index (κ3) is 6.62. The fraction of sp³-hybridized carbons (Fsp3) is 0.444. The first-order chi connectivity index (χ1) is 7.13. The van der Waals surface area contributed by atoms with Gasteiger partial charge in [0.15, 0.2) is 5.95 Å². The Morgan fingerprint density at radius 3 is 2.60 bits per heavy atom. The summed E-state index contributed by atoms with van der Waals surface area (Å²) >= 11 is 0. The van der Waals surface area contributed by atoms with Crippen LogP contribution in [0.1, 0.15) is 6.42 Å². The summed E-state index contributed by atoms with van der Waals surface area (Å²) < 4.78 is 24.4. The summed E-state index contributed by atoms with van der Waals surface area (Å²) in [4.78, 5) is 10.2. The van der Waals surface area contributed by atoms with E-state index in [2.05, 4.69) is 5.32 Å². The van der Waals surface area contributed by atoms with Gasteiger partial charge in [0.25, 0.3) is 0 Å². The van der Waals surface area contributed by atoms with Crippen molar-refractivity contribution in [3.8, 4) is 0 Å². The zero-order valence-corrected chi connectivity index (χ0v) is 8.25. The summed E-state index contributed by atoms with van der Waals surface area (Å²) in [5, 5.41) is 2.43. The van der Waals surface area contributed by atoms with Gasteiger partial charge in [-0.05, 0) is 18.1 Å². The molecule has 0 rings (SSSR count). The van der Waals surface area contributed by atoms with Crippen molar-refractivity contribution >= 4 is 6.41 Å². The predicted octanol–water partition coefficient (Wildman–Crippen LogP) is 0.115. The van der Waals surface area contributed by atoms with Crippen LogP contribution in [0.4, 0.5) is 8.78 Å². The largest absolute Gasteiger partial charge is 0.376 e. The second-order valence-electron chi connectivity index (χ2n) is 2.88. The van der Waals surface area contributed by atoms with Gasteiger partial charge in [0, 0.05) is 12.6 Å². The van der Waals surface area contributed by atoms with Gasteiger partial charge in [-0.3, -0.25) is 4.79 Å². The number of halogens is 2. The van der Waals surface area contributed by atoms with Crippen LogP contribution in [0.15, 0.2) is 23.7 Å². The fourth-order valence-corrected chi connectivity index (χ4v) is 1.07. The van der Waals surface area contributed by atoms with Crippen molar-refractivity contribution in [3.63, 3.8) is 0 Å². The summed E-state index contributed by atoms with van der Waals surface area (Å²) in [7, 11) is 0. The van der Waals surface area contributed by atoms with Crippen LogP contribution in [-0.2, 0) is 4.79 Å². The highest BCUT2D eigenvalue weighted by Crippen LogP contribution is 2.08. The number of rotatable bonds is 7. The molecule has 5 N–H and O–H groups in total. The fourth-order valence-electron chi connectivity index (χ4n) is 1.07. The second kappa shape index (κ2) is 7.93. The third-order valence-corrected chi connectivity index (χ3v) is 1.73. The Morgan fingerprint density at radius 1 is 1.53 bits per heavy atom. The van der Waals surface area contributed by atoms with E-state index in [0.717, 1.165) is 6.08 Å². The quantitative estimate of drug-likeness (QED) is 0.323. The molecule has 0 aliphatic carbocycles. The van der Waals surface area contributed by atoms with Crippen LogP contribution in [0.2, 0.25) is 0 Å². The van der Waals surface area contributed by atoms with Crippen LogP contribution in [0, 0.1) is 0 Å². The molecular weight excluding hydrogens is 204 g/mol. The molecule has 0 spiro atoms. The van der Waals surface area contributed by atoms with E-state index in [4.69, 9.17) is 11.5 Å². The van der Waals surface area contributed by atoms with Crippen molar-refractivity contribution in [1.29, 1.82) is 0 Å². The first-order valence-corrected chi connectivity index (χ1v) is 4.41. The van der Waals surface area contributed by atoms with E-state index in [0.29, 0.717) is 12.0 Å². The summed E-state index contributed by atoms with van der Waals surface area (Å²) in [5.74, 6) is -0.906. The SMILES string of the molecule is NCC(CC(=C/CF)/C=C(\N)F)NC=O. The van der Waals surface area contributed by atoms with Crippen LogP contribution < -0.4 is 16.8 Å². The Balaban J connectivity index is 4.45. The molecule has 0 radical (unpaired) electrons. The summed E-state index contributed by atoms with van der Waals surface area (Å²) in [5.41, 5.74) is 10.5. The lowest BCUT2D eigenvalue weighted by atomic mass is 10.1. The van der Waals surface area contributed by atoms with Crippen LogP contribution >= 0.6 is 0 Å². The lowest BCUT2D eigenvalue weighted by Crippen LogP contribution is -2.35. The molecule has 1 atom stereocenters. The molecule has 0 saturated heterocycles. The first-order valence-electron chi connectivity index (χ1n) is 4.41. The van der Waals surface area contributed by atoms with E-state index in [1.165, 1.54) is 6.08 Å². The molecule has 1 amide bonds. The Hall–Kier alpha value is -1.43. The van der Waals surface area contributed by atoms with E-state index in [1.807, 2.05) is 0 Å². The zero-order valence-electron chi connectivity index (χ0n) is 8.25. The molecule has 6 heteroatoms. The molecule has 15 heavy (non-hydrogen) atoms. The van der Waals surface area contributed by atoms with E-state index in [1.54, 1.807) is 0 Å². The topological polar surface area (TPSA) is 81.1 Å². The van der Waals surface area contributed by atoms with Gasteiger partial charge >= 0.3 is 0 Å². The highest BCUT2D eigenvalue weighted by Gasteiger charge is 2.07. The van der Waals surface area contributed by atoms with Crippen molar-refractivity contribution in [2.45, 2.75) is 12.5 Å². The van der Waals surface area contributed by atoms with Crippen molar-refractivity contribution < 1.29 is 13.6 Å². The van der Waals surface area contributed by atoms with Crippen molar-refractivity contribution in [3.05, 3.63) is 23.7 Å². The predicted molar refractivity (Wildman–Crippen MR) is 54.1 cm³/mol. The lowest BCUT2D eigenvalue weighted by molar-refractivity contribution is -0.110. The Kier molecular flexibility index (Phi) is 7.17. The number of hydrogen-bond acceptors (Lipinski definition) is 3. The average molecular weight is 219 g/mol. The Bertz CT molecular complexity index is 250. The number of nitrogens with two attached hydrogens (primary N) is 2. The van der Waals surface area contributed by atoms with Gasteiger partial charge < -0.3 is 16.8 Å². The lowest BCUT2D eigenvalue weighted by Gasteiger charge is -2.13. The third-order valence-electron chi connectivity index (χ3n) is 1.73. The number of carbonyl (C=O) groups excluding carboxylic acids is 1. The Morgan fingerprint density at radius 2 is 2.20 bits per heavy atom. The molecule has 1 unspecified atom stereocenters. The number of nitrogens with one attached hydrogen (secondary N) is 1.